The van der Waals surface area contributed by atoms with Gasteiger partial charge in [-0.15, -0.1) is 0 Å². The van der Waals surface area contributed by atoms with Crippen LogP contribution in [0.15, 0.2) is 0 Å². The summed E-state index contributed by atoms with van der Waals surface area (Å²) >= 11 is 0. The maximum atomic E-state index is 12.1. The Morgan fingerprint density at radius 1 is 1.32 bits per heavy atom. The fourth-order valence-corrected chi connectivity index (χ4v) is 2.55. The Labute approximate surface area is 113 Å². The van der Waals surface area contributed by atoms with Gasteiger partial charge in [-0.2, -0.15) is 0 Å². The van der Waals surface area contributed by atoms with Gasteiger partial charge in [-0.25, -0.2) is 0 Å². The summed E-state index contributed by atoms with van der Waals surface area (Å²) in [7, 11) is 1.83. The highest BCUT2D eigenvalue weighted by Gasteiger charge is 2.39. The summed E-state index contributed by atoms with van der Waals surface area (Å²) in [6.07, 6.45) is 2.16. The first-order valence-electron chi connectivity index (χ1n) is 6.84. The summed E-state index contributed by atoms with van der Waals surface area (Å²) in [6.45, 7) is 3.51. The fourth-order valence-electron chi connectivity index (χ4n) is 2.55. The van der Waals surface area contributed by atoms with E-state index in [0.29, 0.717) is 19.2 Å². The van der Waals surface area contributed by atoms with Crippen molar-refractivity contribution in [2.24, 2.45) is 5.92 Å². The number of nitrogens with zero attached hydrogens (tertiary/aromatic N) is 2. The zero-order valence-corrected chi connectivity index (χ0v) is 11.5. The van der Waals surface area contributed by atoms with Crippen molar-refractivity contribution in [3.63, 3.8) is 0 Å². The van der Waals surface area contributed by atoms with Crippen molar-refractivity contribution >= 4 is 11.9 Å². The average Bonchev–Trinajstić information content (AvgIpc) is 3.11. The standard InChI is InChI=1S/C13H22N2O4/c1-3-15(6-12(16)14(2)9-4-5-9)11-8-19-7-10(11)13(17)18/h9-11H,3-8H2,1-2H3,(H,17,18). The van der Waals surface area contributed by atoms with Crippen molar-refractivity contribution < 1.29 is 19.4 Å². The second-order valence-corrected chi connectivity index (χ2v) is 5.35. The SMILES string of the molecule is CCN(CC(=O)N(C)C1CC1)C1COCC1C(=O)O. The Kier molecular flexibility index (Phi) is 4.42. The minimum Gasteiger partial charge on any atom is -0.481 e. The fraction of sp³-hybridized carbons (Fsp3) is 0.846. The molecule has 0 aromatic rings. The van der Waals surface area contributed by atoms with Gasteiger partial charge in [0.05, 0.1) is 25.7 Å². The molecule has 0 aromatic heterocycles. The number of aliphatic carboxylic acids is 1. The lowest BCUT2D eigenvalue weighted by Gasteiger charge is -2.30. The molecule has 6 nitrogen and oxygen atoms in total. The highest BCUT2D eigenvalue weighted by Crippen LogP contribution is 2.26. The minimum atomic E-state index is -0.844. The molecule has 1 saturated carbocycles. The van der Waals surface area contributed by atoms with Gasteiger partial charge in [0.25, 0.3) is 0 Å². The molecule has 2 unspecified atom stereocenters. The zero-order chi connectivity index (χ0) is 14.0. The number of hydrogen-bond donors (Lipinski definition) is 1. The van der Waals surface area contributed by atoms with Gasteiger partial charge < -0.3 is 14.7 Å². The van der Waals surface area contributed by atoms with Crippen molar-refractivity contribution in [3.05, 3.63) is 0 Å². The van der Waals surface area contributed by atoms with Crippen LogP contribution in [0.25, 0.3) is 0 Å². The van der Waals surface area contributed by atoms with Crippen molar-refractivity contribution in [1.82, 2.24) is 9.80 Å². The van der Waals surface area contributed by atoms with E-state index in [2.05, 4.69) is 0 Å². The second kappa shape index (κ2) is 5.88. The number of carbonyl (C=O) groups excluding carboxylic acids is 1. The number of amides is 1. The zero-order valence-electron chi connectivity index (χ0n) is 11.5. The van der Waals surface area contributed by atoms with Gasteiger partial charge in [-0.3, -0.25) is 14.5 Å². The van der Waals surface area contributed by atoms with Crippen LogP contribution >= 0.6 is 0 Å². The number of carbonyl (C=O) groups is 2. The van der Waals surface area contributed by atoms with Gasteiger partial charge in [0.15, 0.2) is 0 Å². The van der Waals surface area contributed by atoms with Crippen molar-refractivity contribution in [2.45, 2.75) is 31.8 Å². The first kappa shape index (κ1) is 14.3. The predicted molar refractivity (Wildman–Crippen MR) is 68.8 cm³/mol. The number of hydrogen-bond acceptors (Lipinski definition) is 4. The number of carboxylic acids is 1. The normalized spacial score (nSPS) is 26.7. The highest BCUT2D eigenvalue weighted by molar-refractivity contribution is 5.79. The molecule has 1 N–H and O–H groups in total. The summed E-state index contributed by atoms with van der Waals surface area (Å²) in [5.74, 6) is -1.30. The molecule has 1 saturated heterocycles. The van der Waals surface area contributed by atoms with Crippen LogP contribution in [0.4, 0.5) is 0 Å². The molecule has 19 heavy (non-hydrogen) atoms. The van der Waals surface area contributed by atoms with E-state index >= 15 is 0 Å². The van der Waals surface area contributed by atoms with E-state index in [0.717, 1.165) is 12.8 Å². The van der Waals surface area contributed by atoms with Gasteiger partial charge in [-0.1, -0.05) is 6.92 Å². The average molecular weight is 270 g/mol. The topological polar surface area (TPSA) is 70.1 Å². The van der Waals surface area contributed by atoms with Crippen LogP contribution in [0.1, 0.15) is 19.8 Å². The summed E-state index contributed by atoms with van der Waals surface area (Å²) in [5, 5.41) is 9.17. The van der Waals surface area contributed by atoms with Gasteiger partial charge in [0.1, 0.15) is 0 Å². The third-order valence-electron chi connectivity index (χ3n) is 4.07. The maximum absolute atomic E-state index is 12.1. The van der Waals surface area contributed by atoms with E-state index in [1.54, 1.807) is 4.90 Å². The molecule has 1 heterocycles. The van der Waals surface area contributed by atoms with E-state index in [1.165, 1.54) is 0 Å². The lowest BCUT2D eigenvalue weighted by Crippen LogP contribution is -2.48. The van der Waals surface area contributed by atoms with Gasteiger partial charge in [0, 0.05) is 19.1 Å². The molecule has 0 bridgehead atoms. The van der Waals surface area contributed by atoms with Crippen molar-refractivity contribution in [2.75, 3.05) is 33.4 Å². The Hall–Kier alpha value is -1.14. The van der Waals surface area contributed by atoms with Crippen LogP contribution in [-0.2, 0) is 14.3 Å². The Balaban J connectivity index is 1.95. The summed E-state index contributed by atoms with van der Waals surface area (Å²) < 4.78 is 5.27. The smallest absolute Gasteiger partial charge is 0.310 e. The lowest BCUT2D eigenvalue weighted by molar-refractivity contribution is -0.144. The van der Waals surface area contributed by atoms with Crippen LogP contribution in [0.3, 0.4) is 0 Å². The minimum absolute atomic E-state index is 0.0698. The molecule has 1 amide bonds. The molecule has 6 heteroatoms. The van der Waals surface area contributed by atoms with Gasteiger partial charge in [-0.05, 0) is 19.4 Å². The molecule has 2 fully saturated rings. The van der Waals surface area contributed by atoms with Crippen LogP contribution in [0.2, 0.25) is 0 Å². The monoisotopic (exact) mass is 270 g/mol. The quantitative estimate of drug-likeness (QED) is 0.737. The molecule has 0 radical (unpaired) electrons. The second-order valence-electron chi connectivity index (χ2n) is 5.35. The highest BCUT2D eigenvalue weighted by atomic mass is 16.5. The molecule has 1 aliphatic heterocycles. The lowest BCUT2D eigenvalue weighted by atomic mass is 10.0. The van der Waals surface area contributed by atoms with Crippen LogP contribution < -0.4 is 0 Å². The van der Waals surface area contributed by atoms with Crippen LogP contribution in [0, 0.1) is 5.92 Å². The molecule has 2 atom stereocenters. The third kappa shape index (κ3) is 3.25. The molecule has 2 rings (SSSR count). The maximum Gasteiger partial charge on any atom is 0.310 e. The number of likely N-dealkylation sites (N-methyl/N-ethyl adjacent to an activating group) is 2. The Bertz CT molecular complexity index is 357. The van der Waals surface area contributed by atoms with E-state index < -0.39 is 11.9 Å². The summed E-state index contributed by atoms with van der Waals surface area (Å²) in [4.78, 5) is 27.0. The Morgan fingerprint density at radius 2 is 2.00 bits per heavy atom. The van der Waals surface area contributed by atoms with Crippen LogP contribution in [0.5, 0.6) is 0 Å². The number of rotatable bonds is 6. The molecule has 0 spiro atoms. The van der Waals surface area contributed by atoms with E-state index in [9.17, 15) is 9.59 Å². The summed E-state index contributed by atoms with van der Waals surface area (Å²) in [6, 6.07) is 0.195. The van der Waals surface area contributed by atoms with Crippen molar-refractivity contribution in [1.29, 1.82) is 0 Å². The van der Waals surface area contributed by atoms with Crippen LogP contribution in [-0.4, -0.2) is 72.2 Å². The van der Waals surface area contributed by atoms with Gasteiger partial charge >= 0.3 is 5.97 Å². The first-order chi connectivity index (χ1) is 9.04. The van der Waals surface area contributed by atoms with E-state index in [1.807, 2.05) is 18.9 Å². The summed E-state index contributed by atoms with van der Waals surface area (Å²) in [5.41, 5.74) is 0. The molecule has 108 valence electrons. The van der Waals surface area contributed by atoms with E-state index in [4.69, 9.17) is 9.84 Å². The predicted octanol–water partition coefficient (Wildman–Crippen LogP) is 0.0287. The third-order valence-corrected chi connectivity index (χ3v) is 4.07. The number of ether oxygens (including phenoxy) is 1. The first-order valence-corrected chi connectivity index (χ1v) is 6.84. The largest absolute Gasteiger partial charge is 0.481 e. The molecular weight excluding hydrogens is 248 g/mol. The molecular formula is C13H22N2O4. The Morgan fingerprint density at radius 3 is 2.53 bits per heavy atom. The molecule has 1 aliphatic carbocycles. The molecule has 2 aliphatic rings. The van der Waals surface area contributed by atoms with Gasteiger partial charge in [0.2, 0.25) is 5.91 Å². The van der Waals surface area contributed by atoms with Crippen molar-refractivity contribution in [3.8, 4) is 0 Å². The molecule has 0 aromatic carbocycles. The number of carboxylic acid groups (broad SMARTS) is 1. The van der Waals surface area contributed by atoms with E-state index in [-0.39, 0.29) is 25.1 Å².